The van der Waals surface area contributed by atoms with Gasteiger partial charge in [0, 0.05) is 32.0 Å². The van der Waals surface area contributed by atoms with Gasteiger partial charge in [0.05, 0.1) is 0 Å². The largest absolute Gasteiger partial charge is 0.304 e. The third-order valence-corrected chi connectivity index (χ3v) is 4.47. The van der Waals surface area contributed by atoms with E-state index in [1.54, 1.807) is 0 Å². The van der Waals surface area contributed by atoms with Crippen LogP contribution in [0.3, 0.4) is 0 Å². The van der Waals surface area contributed by atoms with Crippen LogP contribution < -0.4 is 0 Å². The van der Waals surface area contributed by atoms with E-state index >= 15 is 0 Å². The molecule has 0 spiro atoms. The second kappa shape index (κ2) is 5.96. The van der Waals surface area contributed by atoms with Crippen LogP contribution in [0, 0.1) is 5.92 Å². The minimum absolute atomic E-state index is 0.453. The summed E-state index contributed by atoms with van der Waals surface area (Å²) in [5.41, 5.74) is 0. The van der Waals surface area contributed by atoms with E-state index in [1.807, 2.05) is 0 Å². The van der Waals surface area contributed by atoms with E-state index < -0.39 is 0 Å². The molecule has 0 amide bonds. The second-order valence-electron chi connectivity index (χ2n) is 5.71. The lowest BCUT2D eigenvalue weighted by molar-refractivity contribution is -0.123. The maximum atomic E-state index is 11.4. The predicted molar refractivity (Wildman–Crippen MR) is 70.1 cm³/mol. The van der Waals surface area contributed by atoms with Crippen molar-refractivity contribution in [2.24, 2.45) is 5.92 Å². The zero-order chi connectivity index (χ0) is 12.3. The highest BCUT2D eigenvalue weighted by atomic mass is 16.1. The lowest BCUT2D eigenvalue weighted by Gasteiger charge is -2.38. The Morgan fingerprint density at radius 2 is 1.94 bits per heavy atom. The number of ketones is 1. The number of hydrogen-bond donors (Lipinski definition) is 0. The van der Waals surface area contributed by atoms with Crippen molar-refractivity contribution in [1.29, 1.82) is 0 Å². The minimum Gasteiger partial charge on any atom is -0.304 e. The number of carbonyl (C=O) groups is 1. The summed E-state index contributed by atoms with van der Waals surface area (Å²) in [7, 11) is 0. The van der Waals surface area contributed by atoms with Crippen LogP contribution in [0.15, 0.2) is 0 Å². The lowest BCUT2D eigenvalue weighted by atomic mass is 9.93. The Balaban J connectivity index is 1.76. The average molecular weight is 238 g/mol. The molecule has 0 aromatic carbocycles. The maximum Gasteiger partial charge on any atom is 0.135 e. The predicted octanol–water partition coefficient (Wildman–Crippen LogP) is 1.77. The van der Waals surface area contributed by atoms with Crippen molar-refractivity contribution in [2.75, 3.05) is 32.7 Å². The van der Waals surface area contributed by atoms with Gasteiger partial charge in [0.15, 0.2) is 0 Å². The van der Waals surface area contributed by atoms with Crippen LogP contribution in [0.2, 0.25) is 0 Å². The van der Waals surface area contributed by atoms with E-state index in [1.165, 1.54) is 39.0 Å². The smallest absolute Gasteiger partial charge is 0.135 e. The Bertz CT molecular complexity index is 259. The minimum atomic E-state index is 0.453. The van der Waals surface area contributed by atoms with Crippen LogP contribution in [0.25, 0.3) is 0 Å². The fourth-order valence-electron chi connectivity index (χ4n) is 3.14. The number of nitrogens with zero attached hydrogens (tertiary/aromatic N) is 2. The molecule has 1 unspecified atom stereocenters. The fraction of sp³-hybridized carbons (Fsp3) is 0.929. The molecular weight excluding hydrogens is 212 g/mol. The van der Waals surface area contributed by atoms with Gasteiger partial charge in [-0.25, -0.2) is 0 Å². The van der Waals surface area contributed by atoms with Crippen LogP contribution in [-0.2, 0) is 4.79 Å². The third-order valence-electron chi connectivity index (χ3n) is 4.47. The Labute approximate surface area is 105 Å². The monoisotopic (exact) mass is 238 g/mol. The molecule has 2 rings (SSSR count). The molecule has 3 nitrogen and oxygen atoms in total. The van der Waals surface area contributed by atoms with Crippen molar-refractivity contribution < 1.29 is 4.79 Å². The highest BCUT2D eigenvalue weighted by Crippen LogP contribution is 2.22. The SMILES string of the molecule is CCN1CCC(CN2CCC(=O)CC2C)CC1. The van der Waals surface area contributed by atoms with Crippen molar-refractivity contribution in [3.8, 4) is 0 Å². The molecule has 98 valence electrons. The zero-order valence-electron chi connectivity index (χ0n) is 11.3. The van der Waals surface area contributed by atoms with Crippen LogP contribution in [0.4, 0.5) is 0 Å². The van der Waals surface area contributed by atoms with Gasteiger partial charge in [-0.05, 0) is 45.3 Å². The molecule has 0 radical (unpaired) electrons. The van der Waals surface area contributed by atoms with Gasteiger partial charge >= 0.3 is 0 Å². The first-order valence-electron chi connectivity index (χ1n) is 7.17. The van der Waals surface area contributed by atoms with E-state index in [9.17, 15) is 4.79 Å². The summed E-state index contributed by atoms with van der Waals surface area (Å²) in [6, 6.07) is 0.473. The molecule has 2 aliphatic rings. The Kier molecular flexibility index (Phi) is 4.57. The van der Waals surface area contributed by atoms with Gasteiger partial charge in [0.2, 0.25) is 0 Å². The van der Waals surface area contributed by atoms with E-state index in [2.05, 4.69) is 23.6 Å². The summed E-state index contributed by atoms with van der Waals surface area (Å²) in [4.78, 5) is 16.4. The number of Topliss-reactive ketones (excluding diaryl/α,β-unsaturated/α-hetero) is 1. The van der Waals surface area contributed by atoms with Gasteiger partial charge in [-0.1, -0.05) is 6.92 Å². The number of piperidine rings is 2. The van der Waals surface area contributed by atoms with E-state index in [4.69, 9.17) is 0 Å². The van der Waals surface area contributed by atoms with Crippen molar-refractivity contribution in [2.45, 2.75) is 45.6 Å². The summed E-state index contributed by atoms with van der Waals surface area (Å²) >= 11 is 0. The van der Waals surface area contributed by atoms with Crippen LogP contribution in [0.1, 0.15) is 39.5 Å². The first kappa shape index (κ1) is 13.0. The van der Waals surface area contributed by atoms with Crippen LogP contribution in [-0.4, -0.2) is 54.3 Å². The Morgan fingerprint density at radius 3 is 2.53 bits per heavy atom. The molecule has 17 heavy (non-hydrogen) atoms. The summed E-state index contributed by atoms with van der Waals surface area (Å²) in [6.45, 7) is 10.4. The van der Waals surface area contributed by atoms with Gasteiger partial charge in [-0.15, -0.1) is 0 Å². The summed E-state index contributed by atoms with van der Waals surface area (Å²) in [5.74, 6) is 1.31. The molecule has 3 heteroatoms. The van der Waals surface area contributed by atoms with Gasteiger partial charge < -0.3 is 4.90 Å². The molecule has 1 atom stereocenters. The standard InChI is InChI=1S/C14H26N2O/c1-3-15-7-4-13(5-8-15)11-16-9-6-14(17)10-12(16)2/h12-13H,3-11H2,1-2H3. The molecule has 0 aromatic heterocycles. The molecule has 0 N–H and O–H groups in total. The maximum absolute atomic E-state index is 11.4. The first-order valence-corrected chi connectivity index (χ1v) is 7.17. The zero-order valence-corrected chi connectivity index (χ0v) is 11.3. The Hall–Kier alpha value is -0.410. The van der Waals surface area contributed by atoms with Crippen molar-refractivity contribution in [3.05, 3.63) is 0 Å². The lowest BCUT2D eigenvalue weighted by Crippen LogP contribution is -2.45. The average Bonchev–Trinajstić information content (AvgIpc) is 2.34. The number of hydrogen-bond acceptors (Lipinski definition) is 3. The van der Waals surface area contributed by atoms with Crippen molar-refractivity contribution >= 4 is 5.78 Å². The van der Waals surface area contributed by atoms with Gasteiger partial charge in [0.25, 0.3) is 0 Å². The fourth-order valence-corrected chi connectivity index (χ4v) is 3.14. The van der Waals surface area contributed by atoms with Gasteiger partial charge in [-0.2, -0.15) is 0 Å². The highest BCUT2D eigenvalue weighted by molar-refractivity contribution is 5.79. The van der Waals surface area contributed by atoms with Gasteiger partial charge in [0.1, 0.15) is 5.78 Å². The molecule has 2 aliphatic heterocycles. The van der Waals surface area contributed by atoms with Crippen LogP contribution in [0.5, 0.6) is 0 Å². The third kappa shape index (κ3) is 3.52. The molecule has 2 saturated heterocycles. The molecule has 0 bridgehead atoms. The van der Waals surface area contributed by atoms with E-state index in [0.29, 0.717) is 11.8 Å². The molecule has 0 aliphatic carbocycles. The molecule has 2 heterocycles. The molecule has 0 saturated carbocycles. The van der Waals surface area contributed by atoms with E-state index in [0.717, 1.165) is 25.3 Å². The normalized spacial score (nSPS) is 29.8. The van der Waals surface area contributed by atoms with E-state index in [-0.39, 0.29) is 0 Å². The number of rotatable bonds is 3. The summed E-state index contributed by atoms with van der Waals surface area (Å²) in [5, 5.41) is 0. The molecule has 0 aromatic rings. The second-order valence-corrected chi connectivity index (χ2v) is 5.71. The summed E-state index contributed by atoms with van der Waals surface area (Å²) in [6.07, 6.45) is 4.22. The van der Waals surface area contributed by atoms with Crippen molar-refractivity contribution in [3.63, 3.8) is 0 Å². The number of carbonyl (C=O) groups excluding carboxylic acids is 1. The highest BCUT2D eigenvalue weighted by Gasteiger charge is 2.27. The summed E-state index contributed by atoms with van der Waals surface area (Å²) < 4.78 is 0. The first-order chi connectivity index (χ1) is 8.19. The number of likely N-dealkylation sites (tertiary alicyclic amines) is 2. The van der Waals surface area contributed by atoms with Crippen LogP contribution >= 0.6 is 0 Å². The Morgan fingerprint density at radius 1 is 1.24 bits per heavy atom. The molecule has 2 fully saturated rings. The quantitative estimate of drug-likeness (QED) is 0.748. The topological polar surface area (TPSA) is 23.6 Å². The van der Waals surface area contributed by atoms with Gasteiger partial charge in [-0.3, -0.25) is 9.69 Å². The molecular formula is C14H26N2O. The van der Waals surface area contributed by atoms with Crippen molar-refractivity contribution in [1.82, 2.24) is 9.80 Å².